The monoisotopic (exact) mass is 191 g/mol. The normalized spacial score (nSPS) is 17.2. The van der Waals surface area contributed by atoms with Gasteiger partial charge in [-0.1, -0.05) is 6.07 Å². The van der Waals surface area contributed by atoms with E-state index in [9.17, 15) is 4.39 Å². The van der Waals surface area contributed by atoms with Crippen LogP contribution in [0.4, 0.5) is 4.39 Å². The molecule has 3 heteroatoms. The third-order valence-corrected chi connectivity index (χ3v) is 2.66. The van der Waals surface area contributed by atoms with Crippen molar-refractivity contribution < 1.29 is 9.13 Å². The summed E-state index contributed by atoms with van der Waals surface area (Å²) in [5.74, 6) is 0.142. The molecule has 0 atom stereocenters. The Kier molecular flexibility index (Phi) is 1.92. The lowest BCUT2D eigenvalue weighted by atomic mass is 9.97. The largest absolute Gasteiger partial charge is 0.497 e. The van der Waals surface area contributed by atoms with Crippen LogP contribution >= 0.6 is 0 Å². The van der Waals surface area contributed by atoms with Gasteiger partial charge >= 0.3 is 0 Å². The average Bonchev–Trinajstić information content (AvgIpc) is 2.98. The van der Waals surface area contributed by atoms with Crippen LogP contribution in [-0.4, -0.2) is 7.11 Å². The first-order valence-electron chi connectivity index (χ1n) is 4.47. The zero-order valence-corrected chi connectivity index (χ0v) is 7.88. The Morgan fingerprint density at radius 1 is 1.50 bits per heavy atom. The van der Waals surface area contributed by atoms with E-state index in [1.165, 1.54) is 13.2 Å². The molecule has 0 unspecified atom stereocenters. The van der Waals surface area contributed by atoms with E-state index in [0.717, 1.165) is 12.8 Å². The van der Waals surface area contributed by atoms with Gasteiger partial charge in [-0.3, -0.25) is 0 Å². The number of methoxy groups -OCH3 is 1. The van der Waals surface area contributed by atoms with Gasteiger partial charge in [-0.05, 0) is 18.9 Å². The van der Waals surface area contributed by atoms with E-state index in [2.05, 4.69) is 6.07 Å². The van der Waals surface area contributed by atoms with Gasteiger partial charge in [0.1, 0.15) is 11.6 Å². The molecule has 2 nitrogen and oxygen atoms in total. The first-order chi connectivity index (χ1) is 6.72. The van der Waals surface area contributed by atoms with Gasteiger partial charge in [-0.2, -0.15) is 5.26 Å². The number of hydrogen-bond donors (Lipinski definition) is 0. The van der Waals surface area contributed by atoms with Crippen molar-refractivity contribution in [1.29, 1.82) is 5.26 Å². The second kappa shape index (κ2) is 2.98. The van der Waals surface area contributed by atoms with E-state index in [4.69, 9.17) is 10.00 Å². The van der Waals surface area contributed by atoms with Crippen molar-refractivity contribution in [2.75, 3.05) is 7.11 Å². The number of benzene rings is 1. The molecule has 0 spiro atoms. The number of nitrogens with zero attached hydrogens (tertiary/aromatic N) is 1. The molecule has 0 aromatic heterocycles. The van der Waals surface area contributed by atoms with Crippen molar-refractivity contribution in [3.8, 4) is 11.8 Å². The third kappa shape index (κ3) is 1.24. The minimum atomic E-state index is -0.559. The van der Waals surface area contributed by atoms with Crippen LogP contribution in [0.15, 0.2) is 18.2 Å². The maximum Gasteiger partial charge on any atom is 0.131 e. The van der Waals surface area contributed by atoms with Crippen molar-refractivity contribution in [1.82, 2.24) is 0 Å². The molecule has 0 bridgehead atoms. The Labute approximate surface area is 81.9 Å². The van der Waals surface area contributed by atoms with Crippen molar-refractivity contribution in [2.45, 2.75) is 18.3 Å². The van der Waals surface area contributed by atoms with Crippen LogP contribution in [0.1, 0.15) is 18.4 Å². The summed E-state index contributed by atoms with van der Waals surface area (Å²) in [6, 6.07) is 6.83. The van der Waals surface area contributed by atoms with Crippen molar-refractivity contribution in [3.05, 3.63) is 29.6 Å². The summed E-state index contributed by atoms with van der Waals surface area (Å²) in [6.07, 6.45) is 1.51. The molecule has 0 amide bonds. The maximum absolute atomic E-state index is 13.5. The van der Waals surface area contributed by atoms with Gasteiger partial charge in [0.05, 0.1) is 18.6 Å². The molecular formula is C11H10FNO. The molecule has 2 rings (SSSR count). The molecule has 0 aliphatic heterocycles. The first-order valence-corrected chi connectivity index (χ1v) is 4.47. The minimum absolute atomic E-state index is 0.344. The van der Waals surface area contributed by atoms with E-state index >= 15 is 0 Å². The van der Waals surface area contributed by atoms with Crippen molar-refractivity contribution in [2.24, 2.45) is 0 Å². The highest BCUT2D eigenvalue weighted by Gasteiger charge is 2.46. The molecule has 1 aliphatic carbocycles. The quantitative estimate of drug-likeness (QED) is 0.719. The van der Waals surface area contributed by atoms with E-state index < -0.39 is 5.41 Å². The van der Waals surface area contributed by atoms with E-state index in [1.807, 2.05) is 0 Å². The maximum atomic E-state index is 13.5. The van der Waals surface area contributed by atoms with Crippen LogP contribution in [0.25, 0.3) is 0 Å². The van der Waals surface area contributed by atoms with Crippen LogP contribution < -0.4 is 4.74 Å². The van der Waals surface area contributed by atoms with E-state index in [0.29, 0.717) is 11.3 Å². The lowest BCUT2D eigenvalue weighted by molar-refractivity contribution is 0.410. The van der Waals surface area contributed by atoms with Crippen LogP contribution in [-0.2, 0) is 5.41 Å². The second-order valence-electron chi connectivity index (χ2n) is 3.54. The number of rotatable bonds is 2. The molecule has 0 radical (unpaired) electrons. The summed E-state index contributed by atoms with van der Waals surface area (Å²) in [5, 5.41) is 8.91. The lowest BCUT2D eigenvalue weighted by Gasteiger charge is -2.08. The molecule has 0 heterocycles. The molecule has 0 N–H and O–H groups in total. The fourth-order valence-corrected chi connectivity index (χ4v) is 1.58. The molecule has 1 aliphatic rings. The fourth-order valence-electron chi connectivity index (χ4n) is 1.58. The minimum Gasteiger partial charge on any atom is -0.497 e. The molecule has 1 fully saturated rings. The van der Waals surface area contributed by atoms with Gasteiger partial charge in [0, 0.05) is 11.6 Å². The Balaban J connectivity index is 2.42. The predicted octanol–water partition coefficient (Wildman–Crippen LogP) is 2.39. The van der Waals surface area contributed by atoms with Crippen LogP contribution in [0.2, 0.25) is 0 Å². The summed E-state index contributed by atoms with van der Waals surface area (Å²) in [6.45, 7) is 0. The van der Waals surface area contributed by atoms with Crippen LogP contribution in [0.5, 0.6) is 5.75 Å². The van der Waals surface area contributed by atoms with E-state index in [1.54, 1.807) is 12.1 Å². The number of hydrogen-bond acceptors (Lipinski definition) is 2. The van der Waals surface area contributed by atoms with Crippen molar-refractivity contribution in [3.63, 3.8) is 0 Å². The summed E-state index contributed by atoms with van der Waals surface area (Å²) in [5.41, 5.74) is -0.0584. The second-order valence-corrected chi connectivity index (χ2v) is 3.54. The SMILES string of the molecule is COc1ccc(C2(C#N)CC2)c(F)c1. The fraction of sp³-hybridized carbons (Fsp3) is 0.364. The number of nitriles is 1. The zero-order valence-electron chi connectivity index (χ0n) is 7.88. The topological polar surface area (TPSA) is 33.0 Å². The van der Waals surface area contributed by atoms with Gasteiger partial charge < -0.3 is 4.74 Å². The Morgan fingerprint density at radius 2 is 2.21 bits per heavy atom. The molecule has 72 valence electrons. The molecule has 14 heavy (non-hydrogen) atoms. The lowest BCUT2D eigenvalue weighted by Crippen LogP contribution is -2.05. The van der Waals surface area contributed by atoms with E-state index in [-0.39, 0.29) is 5.82 Å². The molecular weight excluding hydrogens is 181 g/mol. The Morgan fingerprint density at radius 3 is 2.64 bits per heavy atom. The van der Waals surface area contributed by atoms with Gasteiger partial charge in [-0.15, -0.1) is 0 Å². The summed E-state index contributed by atoms with van der Waals surface area (Å²) >= 11 is 0. The highest BCUT2D eigenvalue weighted by molar-refractivity contribution is 5.42. The smallest absolute Gasteiger partial charge is 0.131 e. The predicted molar refractivity (Wildman–Crippen MR) is 49.5 cm³/mol. The zero-order chi connectivity index (χ0) is 10.2. The number of ether oxygens (including phenoxy) is 1. The van der Waals surface area contributed by atoms with Gasteiger partial charge in [0.2, 0.25) is 0 Å². The summed E-state index contributed by atoms with van der Waals surface area (Å²) in [7, 11) is 1.49. The highest BCUT2D eigenvalue weighted by Crippen LogP contribution is 2.48. The van der Waals surface area contributed by atoms with Crippen LogP contribution in [0.3, 0.4) is 0 Å². The standard InChI is InChI=1S/C11H10FNO/c1-14-8-2-3-9(10(12)6-8)11(7-13)4-5-11/h2-3,6H,4-5H2,1H3. The molecule has 0 saturated heterocycles. The summed E-state index contributed by atoms with van der Waals surface area (Å²) < 4.78 is 18.4. The molecule has 1 aromatic carbocycles. The van der Waals surface area contributed by atoms with Gasteiger partial charge in [0.25, 0.3) is 0 Å². The van der Waals surface area contributed by atoms with Gasteiger partial charge in [0.15, 0.2) is 0 Å². The summed E-state index contributed by atoms with van der Waals surface area (Å²) in [4.78, 5) is 0. The van der Waals surface area contributed by atoms with Gasteiger partial charge in [-0.25, -0.2) is 4.39 Å². The third-order valence-electron chi connectivity index (χ3n) is 2.66. The average molecular weight is 191 g/mol. The number of halogens is 1. The highest BCUT2D eigenvalue weighted by atomic mass is 19.1. The first kappa shape index (κ1) is 9.01. The molecule has 1 saturated carbocycles. The van der Waals surface area contributed by atoms with Crippen molar-refractivity contribution >= 4 is 0 Å². The molecule has 1 aromatic rings. The Hall–Kier alpha value is -1.56. The Bertz CT molecular complexity index is 404. The van der Waals surface area contributed by atoms with Crippen LogP contribution in [0, 0.1) is 17.1 Å².